The number of phosphoric acid groups is 2. The number of carbonyl (C=O) groups is 4. The smallest absolute Gasteiger partial charge is 0.462 e. The highest BCUT2D eigenvalue weighted by Crippen LogP contribution is 2.45. The number of rotatable bonds is 78. The Kier molecular flexibility index (Phi) is 77.3. The number of phosphoric ester groups is 2. The van der Waals surface area contributed by atoms with E-state index >= 15 is 0 Å². The van der Waals surface area contributed by atoms with E-state index in [1.54, 1.807) is 0 Å². The van der Waals surface area contributed by atoms with Crippen molar-refractivity contribution in [1.29, 1.82) is 0 Å². The summed E-state index contributed by atoms with van der Waals surface area (Å²) in [7, 11) is -10.00. The third kappa shape index (κ3) is 80.5. The van der Waals surface area contributed by atoms with Crippen LogP contribution in [-0.4, -0.2) is 96.7 Å². The van der Waals surface area contributed by atoms with E-state index in [2.05, 4.69) is 198 Å². The summed E-state index contributed by atoms with van der Waals surface area (Å²) in [6.45, 7) is 4.38. The molecule has 626 valence electrons. The lowest BCUT2D eigenvalue weighted by atomic mass is 10.1. The minimum absolute atomic E-state index is 0.0578. The largest absolute Gasteiger partial charge is 0.472 e. The molecule has 0 aliphatic rings. The summed E-state index contributed by atoms with van der Waals surface area (Å²) in [5.74, 6) is -2.24. The van der Waals surface area contributed by atoms with Crippen LogP contribution in [0.15, 0.2) is 170 Å². The average Bonchev–Trinajstić information content (AvgIpc) is 0.906. The normalized spacial score (nSPS) is 14.6. The summed E-state index contributed by atoms with van der Waals surface area (Å²) in [5.41, 5.74) is 0. The summed E-state index contributed by atoms with van der Waals surface area (Å²) in [6.07, 6.45) is 97.3. The fourth-order valence-corrected chi connectivity index (χ4v) is 12.5. The predicted octanol–water partition coefficient (Wildman–Crippen LogP) is 25.3. The van der Waals surface area contributed by atoms with Gasteiger partial charge in [0, 0.05) is 25.7 Å². The Morgan fingerprint density at radius 2 is 0.445 bits per heavy atom. The molecular weight excluding hydrogens is 1430 g/mol. The van der Waals surface area contributed by atoms with Crippen LogP contribution >= 0.6 is 15.6 Å². The van der Waals surface area contributed by atoms with Gasteiger partial charge in [0.05, 0.1) is 26.4 Å². The van der Waals surface area contributed by atoms with Gasteiger partial charge in [0.1, 0.15) is 19.3 Å². The zero-order valence-corrected chi connectivity index (χ0v) is 70.4. The summed E-state index contributed by atoms with van der Waals surface area (Å²) in [6, 6.07) is 0. The number of ether oxygens (including phenoxy) is 4. The van der Waals surface area contributed by atoms with Crippen molar-refractivity contribution < 1.29 is 80.2 Å². The molecule has 0 aliphatic heterocycles. The van der Waals surface area contributed by atoms with Crippen molar-refractivity contribution in [3.8, 4) is 0 Å². The van der Waals surface area contributed by atoms with E-state index in [4.69, 9.17) is 37.0 Å². The molecule has 0 aromatic carbocycles. The zero-order valence-electron chi connectivity index (χ0n) is 68.6. The highest BCUT2D eigenvalue weighted by atomic mass is 31.2. The molecular formula is C91H150O17P2. The lowest BCUT2D eigenvalue weighted by molar-refractivity contribution is -0.161. The second kappa shape index (κ2) is 81.4. The number of unbranched alkanes of at least 4 members (excludes halogenated alkanes) is 24. The quantitative estimate of drug-likeness (QED) is 0.0169. The van der Waals surface area contributed by atoms with Crippen LogP contribution in [0.25, 0.3) is 0 Å². The van der Waals surface area contributed by atoms with Crippen LogP contribution < -0.4 is 0 Å². The monoisotopic (exact) mass is 1580 g/mol. The highest BCUT2D eigenvalue weighted by Gasteiger charge is 2.30. The van der Waals surface area contributed by atoms with Crippen LogP contribution in [0.4, 0.5) is 0 Å². The maximum Gasteiger partial charge on any atom is 0.472 e. The SMILES string of the molecule is CC/C=C\C/C=C\C/C=C\C/C=C\CCCCCCCCC(=O)OCC(COP(=O)(O)OCC(O)COP(=O)(O)OCC(COC(=O)CCCCCCCCC/C=C\C/C=C\C/C=C\CC)OC(=O)CCCCCCCCC/C=C\C/C=C\C/C=C\CC)OC(=O)CCCCCC/C=C\C/C=C\C/C=C\C/C=C\CC. The van der Waals surface area contributed by atoms with Crippen LogP contribution in [-0.2, 0) is 65.4 Å². The summed E-state index contributed by atoms with van der Waals surface area (Å²) in [5, 5.41) is 10.7. The maximum atomic E-state index is 13.1. The third-order valence-corrected chi connectivity index (χ3v) is 19.1. The Morgan fingerprint density at radius 3 is 0.682 bits per heavy atom. The lowest BCUT2D eigenvalue weighted by Crippen LogP contribution is -2.30. The molecule has 17 nitrogen and oxygen atoms in total. The van der Waals surface area contributed by atoms with E-state index in [1.165, 1.54) is 0 Å². The molecule has 5 atom stereocenters. The molecule has 0 aliphatic carbocycles. The molecule has 3 N–H and O–H groups in total. The van der Waals surface area contributed by atoms with Crippen molar-refractivity contribution in [2.24, 2.45) is 0 Å². The number of aliphatic hydroxyl groups excluding tert-OH is 1. The molecule has 0 amide bonds. The molecule has 0 aromatic heterocycles. The number of aliphatic hydroxyl groups is 1. The molecule has 110 heavy (non-hydrogen) atoms. The van der Waals surface area contributed by atoms with Crippen molar-refractivity contribution in [2.45, 2.75) is 341 Å². The minimum atomic E-state index is -5.00. The molecule has 5 unspecified atom stereocenters. The Morgan fingerprint density at radius 1 is 0.255 bits per heavy atom. The van der Waals surface area contributed by atoms with Crippen molar-refractivity contribution in [2.75, 3.05) is 39.6 Å². The molecule has 0 saturated heterocycles. The summed E-state index contributed by atoms with van der Waals surface area (Å²) >= 11 is 0. The van der Waals surface area contributed by atoms with E-state index in [-0.39, 0.29) is 25.7 Å². The zero-order chi connectivity index (χ0) is 80.3. The van der Waals surface area contributed by atoms with Gasteiger partial charge in [-0.2, -0.15) is 0 Å². The van der Waals surface area contributed by atoms with Gasteiger partial charge < -0.3 is 33.8 Å². The number of allylic oxidation sites excluding steroid dienone is 28. The molecule has 0 saturated carbocycles. The molecule has 0 heterocycles. The van der Waals surface area contributed by atoms with Crippen LogP contribution in [0.5, 0.6) is 0 Å². The van der Waals surface area contributed by atoms with Gasteiger partial charge in [0.15, 0.2) is 12.2 Å². The number of esters is 4. The molecule has 0 fully saturated rings. The first-order valence-corrected chi connectivity index (χ1v) is 45.4. The van der Waals surface area contributed by atoms with Gasteiger partial charge in [-0.3, -0.25) is 37.3 Å². The summed E-state index contributed by atoms with van der Waals surface area (Å²) in [4.78, 5) is 73.3. The van der Waals surface area contributed by atoms with Crippen LogP contribution in [0, 0.1) is 0 Å². The van der Waals surface area contributed by atoms with Gasteiger partial charge in [-0.25, -0.2) is 9.13 Å². The molecule has 19 heteroatoms. The minimum Gasteiger partial charge on any atom is -0.462 e. The van der Waals surface area contributed by atoms with Crippen molar-refractivity contribution in [1.82, 2.24) is 0 Å². The van der Waals surface area contributed by atoms with Crippen LogP contribution in [0.2, 0.25) is 0 Å². The van der Waals surface area contributed by atoms with Crippen LogP contribution in [0.3, 0.4) is 0 Å². The van der Waals surface area contributed by atoms with Crippen molar-refractivity contribution in [3.63, 3.8) is 0 Å². The fraction of sp³-hybridized carbons (Fsp3) is 0.648. The third-order valence-electron chi connectivity index (χ3n) is 17.2. The Labute approximate surface area is 667 Å². The average molecular weight is 1580 g/mol. The lowest BCUT2D eigenvalue weighted by Gasteiger charge is -2.21. The van der Waals surface area contributed by atoms with Gasteiger partial charge in [0.2, 0.25) is 0 Å². The predicted molar refractivity (Wildman–Crippen MR) is 454 cm³/mol. The molecule has 0 rings (SSSR count). The number of carbonyl (C=O) groups excluding carboxylic acids is 4. The van der Waals surface area contributed by atoms with E-state index in [0.29, 0.717) is 25.7 Å². The van der Waals surface area contributed by atoms with Gasteiger partial charge in [-0.15, -0.1) is 0 Å². The topological polar surface area (TPSA) is 237 Å². The fourth-order valence-electron chi connectivity index (χ4n) is 10.9. The van der Waals surface area contributed by atoms with Crippen LogP contribution in [0.1, 0.15) is 323 Å². The Balaban J connectivity index is 5.44. The molecule has 0 spiro atoms. The maximum absolute atomic E-state index is 13.1. The first-order chi connectivity index (χ1) is 53.7. The second-order valence-corrected chi connectivity index (χ2v) is 30.5. The molecule has 0 aromatic rings. The highest BCUT2D eigenvalue weighted by molar-refractivity contribution is 7.47. The Hall–Kier alpha value is -5.58. The van der Waals surface area contributed by atoms with Gasteiger partial charge in [0.25, 0.3) is 0 Å². The molecule has 0 radical (unpaired) electrons. The standard InChI is InChI=1S/C91H150O17P2/c1-5-9-13-17-21-25-29-33-37-41-42-46-48-52-56-60-64-68-72-76-89(94)102-82-87(108-91(96)78-74-70-66-62-58-54-50-45-40-36-32-28-24-20-16-12-8-4)84-106-110(99,100)104-80-85(92)79-103-109(97,98)105-83-86(107-90(95)77-73-69-65-61-57-53-49-44-39-35-31-27-23-19-15-11-7-3)81-101-88(93)75-71-67-63-59-55-51-47-43-38-34-30-26-22-18-14-10-6-2/h9-16,21-28,33-40,42,46,50,54,85-87,92H,5-8,17-20,29-32,41,43-45,47-49,51-53,55-84H2,1-4H3,(H,97,98)(H,99,100)/b13-9-,14-10-,15-11-,16-12-,25-21-,26-22-,27-23-,28-24-,37-33-,38-34-,39-35-,40-36-,46-42-,54-50-. The first-order valence-electron chi connectivity index (χ1n) is 42.4. The Bertz CT molecular complexity index is 2750. The summed E-state index contributed by atoms with van der Waals surface area (Å²) < 4.78 is 68.8. The van der Waals surface area contributed by atoms with Gasteiger partial charge in [-0.05, 0) is 167 Å². The number of hydrogen-bond acceptors (Lipinski definition) is 15. The second-order valence-electron chi connectivity index (χ2n) is 27.6. The first kappa shape index (κ1) is 104. The number of hydrogen-bond donors (Lipinski definition) is 3. The van der Waals surface area contributed by atoms with E-state index < -0.39 is 97.5 Å². The van der Waals surface area contributed by atoms with Gasteiger partial charge in [-0.1, -0.05) is 301 Å². The van der Waals surface area contributed by atoms with E-state index in [0.717, 1.165) is 244 Å². The van der Waals surface area contributed by atoms with E-state index in [9.17, 15) is 43.2 Å². The van der Waals surface area contributed by atoms with Gasteiger partial charge >= 0.3 is 39.5 Å². The van der Waals surface area contributed by atoms with Crippen molar-refractivity contribution in [3.05, 3.63) is 170 Å². The van der Waals surface area contributed by atoms with E-state index in [1.807, 2.05) is 0 Å². The van der Waals surface area contributed by atoms with Crippen molar-refractivity contribution >= 4 is 39.5 Å². The molecule has 0 bridgehead atoms.